The molecule has 118 valence electrons. The lowest BCUT2D eigenvalue weighted by Crippen LogP contribution is -2.25. The first-order chi connectivity index (χ1) is 11.0. The smallest absolute Gasteiger partial charge is 0.255 e. The Bertz CT molecular complexity index is 796. The molecular formula is C19H20N2O2. The van der Waals surface area contributed by atoms with E-state index in [2.05, 4.69) is 5.32 Å². The summed E-state index contributed by atoms with van der Waals surface area (Å²) in [6.45, 7) is 6.17. The van der Waals surface area contributed by atoms with E-state index in [0.29, 0.717) is 17.8 Å². The molecule has 1 heterocycles. The first-order valence-corrected chi connectivity index (χ1v) is 7.75. The number of amides is 2. The zero-order chi connectivity index (χ0) is 16.6. The summed E-state index contributed by atoms with van der Waals surface area (Å²) in [4.78, 5) is 25.9. The number of anilines is 2. The Balaban J connectivity index is 1.86. The summed E-state index contributed by atoms with van der Waals surface area (Å²) in [6.07, 6.45) is 0.861. The molecular weight excluding hydrogens is 288 g/mol. The number of fused-ring (bicyclic) bond motifs is 1. The average molecular weight is 308 g/mol. The van der Waals surface area contributed by atoms with Gasteiger partial charge in [0.1, 0.15) is 0 Å². The lowest BCUT2D eigenvalue weighted by Gasteiger charge is -2.16. The molecule has 0 aliphatic carbocycles. The van der Waals surface area contributed by atoms with Crippen molar-refractivity contribution in [3.05, 3.63) is 58.7 Å². The highest BCUT2D eigenvalue weighted by atomic mass is 16.2. The van der Waals surface area contributed by atoms with Gasteiger partial charge in [0.15, 0.2) is 0 Å². The minimum atomic E-state index is -0.126. The number of hydrogen-bond donors (Lipinski definition) is 1. The van der Waals surface area contributed by atoms with Gasteiger partial charge < -0.3 is 10.2 Å². The maximum atomic E-state index is 12.5. The molecule has 4 nitrogen and oxygen atoms in total. The number of carbonyl (C=O) groups is 2. The Morgan fingerprint density at radius 2 is 1.87 bits per heavy atom. The molecule has 0 saturated heterocycles. The zero-order valence-corrected chi connectivity index (χ0v) is 13.6. The Kier molecular flexibility index (Phi) is 3.90. The highest BCUT2D eigenvalue weighted by Crippen LogP contribution is 2.31. The van der Waals surface area contributed by atoms with Crippen LogP contribution in [0.5, 0.6) is 0 Å². The van der Waals surface area contributed by atoms with Gasteiger partial charge in [-0.05, 0) is 49.6 Å². The van der Waals surface area contributed by atoms with Crippen LogP contribution < -0.4 is 10.2 Å². The fourth-order valence-corrected chi connectivity index (χ4v) is 2.96. The number of carbonyl (C=O) groups excluding carboxylic acids is 2. The van der Waals surface area contributed by atoms with Crippen molar-refractivity contribution in [3.8, 4) is 0 Å². The van der Waals surface area contributed by atoms with Gasteiger partial charge >= 0.3 is 0 Å². The van der Waals surface area contributed by atoms with Crippen molar-refractivity contribution in [2.45, 2.75) is 27.2 Å². The van der Waals surface area contributed by atoms with Gasteiger partial charge in [-0.1, -0.05) is 23.8 Å². The van der Waals surface area contributed by atoms with Crippen LogP contribution in [0.4, 0.5) is 11.4 Å². The Morgan fingerprint density at radius 3 is 2.61 bits per heavy atom. The van der Waals surface area contributed by atoms with E-state index >= 15 is 0 Å². The van der Waals surface area contributed by atoms with Crippen LogP contribution >= 0.6 is 0 Å². The van der Waals surface area contributed by atoms with Crippen LogP contribution in [0.25, 0.3) is 0 Å². The van der Waals surface area contributed by atoms with Crippen molar-refractivity contribution in [2.75, 3.05) is 16.8 Å². The SMILES string of the molecule is CC(=O)N1CCc2ccc(NC(=O)c3cc(C)ccc3C)cc21. The van der Waals surface area contributed by atoms with E-state index < -0.39 is 0 Å². The second-order valence-corrected chi connectivity index (χ2v) is 6.04. The Morgan fingerprint density at radius 1 is 1.09 bits per heavy atom. The first-order valence-electron chi connectivity index (χ1n) is 7.75. The molecule has 23 heavy (non-hydrogen) atoms. The number of nitrogens with one attached hydrogen (secondary N) is 1. The lowest BCUT2D eigenvalue weighted by molar-refractivity contribution is -0.116. The van der Waals surface area contributed by atoms with Crippen LogP contribution in [0, 0.1) is 13.8 Å². The molecule has 3 rings (SSSR count). The van der Waals surface area contributed by atoms with Gasteiger partial charge in [0, 0.05) is 30.4 Å². The maximum absolute atomic E-state index is 12.5. The van der Waals surface area contributed by atoms with Gasteiger partial charge in [0.2, 0.25) is 5.91 Å². The van der Waals surface area contributed by atoms with E-state index in [1.165, 1.54) is 0 Å². The quantitative estimate of drug-likeness (QED) is 0.923. The van der Waals surface area contributed by atoms with Gasteiger partial charge in [-0.15, -0.1) is 0 Å². The number of benzene rings is 2. The molecule has 0 bridgehead atoms. The second kappa shape index (κ2) is 5.88. The topological polar surface area (TPSA) is 49.4 Å². The summed E-state index contributed by atoms with van der Waals surface area (Å²) in [5.74, 6) is -0.0970. The van der Waals surface area contributed by atoms with Crippen molar-refractivity contribution in [2.24, 2.45) is 0 Å². The molecule has 2 amide bonds. The molecule has 2 aromatic rings. The van der Waals surface area contributed by atoms with E-state index in [9.17, 15) is 9.59 Å². The highest BCUT2D eigenvalue weighted by molar-refractivity contribution is 6.06. The molecule has 0 aromatic heterocycles. The van der Waals surface area contributed by atoms with Crippen LogP contribution in [0.2, 0.25) is 0 Å². The van der Waals surface area contributed by atoms with Gasteiger partial charge in [-0.25, -0.2) is 0 Å². The van der Waals surface area contributed by atoms with Crippen LogP contribution in [-0.4, -0.2) is 18.4 Å². The largest absolute Gasteiger partial charge is 0.322 e. The lowest BCUT2D eigenvalue weighted by atomic mass is 10.0. The molecule has 2 aromatic carbocycles. The molecule has 0 fully saturated rings. The molecule has 0 unspecified atom stereocenters. The number of rotatable bonds is 2. The Hall–Kier alpha value is -2.62. The summed E-state index contributed by atoms with van der Waals surface area (Å²) < 4.78 is 0. The van der Waals surface area contributed by atoms with Crippen LogP contribution in [0.15, 0.2) is 36.4 Å². The third kappa shape index (κ3) is 2.97. The van der Waals surface area contributed by atoms with E-state index in [1.807, 2.05) is 50.2 Å². The predicted octanol–water partition coefficient (Wildman–Crippen LogP) is 3.46. The number of aryl methyl sites for hydroxylation is 2. The molecule has 1 N–H and O–H groups in total. The van der Waals surface area contributed by atoms with Crippen molar-refractivity contribution in [1.29, 1.82) is 0 Å². The van der Waals surface area contributed by atoms with Crippen molar-refractivity contribution in [1.82, 2.24) is 0 Å². The summed E-state index contributed by atoms with van der Waals surface area (Å²) in [6, 6.07) is 11.6. The van der Waals surface area contributed by atoms with Crippen molar-refractivity contribution in [3.63, 3.8) is 0 Å². The molecule has 1 aliphatic rings. The summed E-state index contributed by atoms with van der Waals surface area (Å²) in [5.41, 5.74) is 5.43. The summed E-state index contributed by atoms with van der Waals surface area (Å²) >= 11 is 0. The summed E-state index contributed by atoms with van der Waals surface area (Å²) in [5, 5.41) is 2.94. The fourth-order valence-electron chi connectivity index (χ4n) is 2.96. The van der Waals surface area contributed by atoms with Gasteiger partial charge in [0.05, 0.1) is 0 Å². The highest BCUT2D eigenvalue weighted by Gasteiger charge is 2.22. The third-order valence-electron chi connectivity index (χ3n) is 4.26. The van der Waals surface area contributed by atoms with E-state index in [0.717, 1.165) is 28.8 Å². The summed E-state index contributed by atoms with van der Waals surface area (Å²) in [7, 11) is 0. The van der Waals surface area contributed by atoms with Crippen molar-refractivity contribution >= 4 is 23.2 Å². The first kappa shape index (κ1) is 15.3. The van der Waals surface area contributed by atoms with Crippen LogP contribution in [0.1, 0.15) is 34.0 Å². The van der Waals surface area contributed by atoms with Crippen LogP contribution in [0.3, 0.4) is 0 Å². The molecule has 0 atom stereocenters. The normalized spacial score (nSPS) is 12.9. The van der Waals surface area contributed by atoms with Crippen molar-refractivity contribution < 1.29 is 9.59 Å². The average Bonchev–Trinajstić information content (AvgIpc) is 2.93. The zero-order valence-electron chi connectivity index (χ0n) is 13.6. The van der Waals surface area contributed by atoms with E-state index in [-0.39, 0.29) is 11.8 Å². The number of hydrogen-bond acceptors (Lipinski definition) is 2. The van der Waals surface area contributed by atoms with E-state index in [1.54, 1.807) is 11.8 Å². The predicted molar refractivity (Wildman–Crippen MR) is 92.0 cm³/mol. The Labute approximate surface area is 136 Å². The van der Waals surface area contributed by atoms with Gasteiger partial charge in [0.25, 0.3) is 5.91 Å². The maximum Gasteiger partial charge on any atom is 0.255 e. The third-order valence-corrected chi connectivity index (χ3v) is 4.26. The fraction of sp³-hybridized carbons (Fsp3) is 0.263. The minimum Gasteiger partial charge on any atom is -0.322 e. The van der Waals surface area contributed by atoms with E-state index in [4.69, 9.17) is 0 Å². The molecule has 0 radical (unpaired) electrons. The van der Waals surface area contributed by atoms with Gasteiger partial charge in [-0.2, -0.15) is 0 Å². The van der Waals surface area contributed by atoms with Crippen LogP contribution in [-0.2, 0) is 11.2 Å². The molecule has 0 saturated carbocycles. The number of nitrogens with zero attached hydrogens (tertiary/aromatic N) is 1. The van der Waals surface area contributed by atoms with Gasteiger partial charge in [-0.3, -0.25) is 9.59 Å². The second-order valence-electron chi connectivity index (χ2n) is 6.04. The molecule has 4 heteroatoms. The molecule has 0 spiro atoms. The monoisotopic (exact) mass is 308 g/mol. The minimum absolute atomic E-state index is 0.0294. The molecule has 1 aliphatic heterocycles. The standard InChI is InChI=1S/C19H20N2O2/c1-12-4-5-13(2)17(10-12)19(23)20-16-7-6-15-8-9-21(14(3)22)18(15)11-16/h4-7,10-11H,8-9H2,1-3H3,(H,20,23).